The summed E-state index contributed by atoms with van der Waals surface area (Å²) in [7, 11) is 2.16. The molecule has 0 aromatic rings. The van der Waals surface area contributed by atoms with Crippen LogP contribution in [-0.2, 0) is 32.7 Å². The topological polar surface area (TPSA) is 9.72 Å². The number of hydrogen-bond acceptors (Lipinski definition) is 3. The first kappa shape index (κ1) is 14.0. The Kier molecular flexibility index (Phi) is 7.85. The van der Waals surface area contributed by atoms with E-state index in [1.165, 1.54) is 0 Å². The van der Waals surface area contributed by atoms with Crippen molar-refractivity contribution < 1.29 is 32.7 Å². The summed E-state index contributed by atoms with van der Waals surface area (Å²) in [6.07, 6.45) is 0. The number of likely N-dealkylation sites (N-methyl/N-ethyl adjacent to an activating group) is 1. The minimum absolute atomic E-state index is 0. The number of nitrogens with zero attached hydrogens (tertiary/aromatic N) is 3. The zero-order valence-corrected chi connectivity index (χ0v) is 11.4. The number of piperazine rings is 1. The molecule has 0 bridgehead atoms. The maximum absolute atomic E-state index is 3.88. The molecule has 4 heteroatoms. The van der Waals surface area contributed by atoms with E-state index in [9.17, 15) is 0 Å². The molecule has 0 saturated carbocycles. The van der Waals surface area contributed by atoms with Crippen LogP contribution in [0.3, 0.4) is 0 Å². The van der Waals surface area contributed by atoms with Crippen molar-refractivity contribution in [2.45, 2.75) is 0 Å². The molecule has 0 aromatic heterocycles. The second kappa shape index (κ2) is 7.30. The van der Waals surface area contributed by atoms with Crippen LogP contribution in [-0.4, -0.2) is 61.2 Å². The van der Waals surface area contributed by atoms with Gasteiger partial charge in [0.25, 0.3) is 0 Å². The second-order valence-electron chi connectivity index (χ2n) is 3.21. The van der Waals surface area contributed by atoms with Gasteiger partial charge < -0.3 is 23.8 Å². The maximum atomic E-state index is 3.88. The van der Waals surface area contributed by atoms with Crippen LogP contribution in [0.1, 0.15) is 0 Å². The van der Waals surface area contributed by atoms with Gasteiger partial charge in [-0.25, -0.2) is 5.01 Å². The van der Waals surface area contributed by atoms with Crippen molar-refractivity contribution in [1.29, 1.82) is 0 Å². The van der Waals surface area contributed by atoms with E-state index in [1.807, 2.05) is 0 Å². The molecule has 0 spiro atoms. The zero-order chi connectivity index (χ0) is 8.97. The predicted molar refractivity (Wildman–Crippen MR) is 51.4 cm³/mol. The molecule has 0 N–H and O–H groups in total. The maximum Gasteiger partial charge on any atom is 0.0259 e. The standard InChI is InChI=1S/C9H19N3.Y/c1-4-11(5-2)12-8-6-10(3)7-9-12;/h1-2,4-9H2,3H3;/q-2;. The van der Waals surface area contributed by atoms with E-state index >= 15 is 0 Å². The number of hydrogen-bond donors (Lipinski definition) is 0. The monoisotopic (exact) mass is 258 g/mol. The van der Waals surface area contributed by atoms with Gasteiger partial charge in [0.1, 0.15) is 0 Å². The molecule has 1 heterocycles. The quantitative estimate of drug-likeness (QED) is 0.666. The summed E-state index contributed by atoms with van der Waals surface area (Å²) in [5.41, 5.74) is 0. The molecular weight excluding hydrogens is 239 g/mol. The van der Waals surface area contributed by atoms with Crippen molar-refractivity contribution in [2.24, 2.45) is 0 Å². The van der Waals surface area contributed by atoms with Crippen LogP contribution in [0.25, 0.3) is 0 Å². The smallest absolute Gasteiger partial charge is 0.0259 e. The van der Waals surface area contributed by atoms with Gasteiger partial charge in [0.15, 0.2) is 0 Å². The van der Waals surface area contributed by atoms with E-state index in [0.29, 0.717) is 0 Å². The third-order valence-electron chi connectivity index (χ3n) is 2.40. The molecule has 1 aliphatic rings. The van der Waals surface area contributed by atoms with Crippen molar-refractivity contribution in [3.63, 3.8) is 0 Å². The van der Waals surface area contributed by atoms with E-state index in [2.05, 4.69) is 35.8 Å². The average molecular weight is 258 g/mol. The minimum atomic E-state index is 0. The van der Waals surface area contributed by atoms with Gasteiger partial charge in [-0.2, -0.15) is 0 Å². The van der Waals surface area contributed by atoms with Crippen molar-refractivity contribution in [3.05, 3.63) is 13.8 Å². The molecule has 0 atom stereocenters. The third kappa shape index (κ3) is 4.35. The minimum Gasteiger partial charge on any atom is -0.328 e. The van der Waals surface area contributed by atoms with Crippen molar-refractivity contribution in [2.75, 3.05) is 46.3 Å². The molecule has 75 valence electrons. The SMILES string of the molecule is [CH2-]CN(C[CH2-])N1CCN(C)CC1.[Y]. The third-order valence-corrected chi connectivity index (χ3v) is 2.40. The zero-order valence-electron chi connectivity index (χ0n) is 8.58. The average Bonchev–Trinajstić information content (AvgIpc) is 2.10. The van der Waals surface area contributed by atoms with Gasteiger partial charge in [-0.15, -0.1) is 13.1 Å². The molecule has 1 rings (SSSR count). The van der Waals surface area contributed by atoms with E-state index in [-0.39, 0.29) is 32.7 Å². The largest absolute Gasteiger partial charge is 0.328 e. The van der Waals surface area contributed by atoms with Crippen LogP contribution in [0.15, 0.2) is 0 Å². The fraction of sp³-hybridized carbons (Fsp3) is 0.778. The van der Waals surface area contributed by atoms with Gasteiger partial charge in [0, 0.05) is 58.9 Å². The summed E-state index contributed by atoms with van der Waals surface area (Å²) in [6, 6.07) is 0. The number of hydrazine groups is 1. The summed E-state index contributed by atoms with van der Waals surface area (Å²) in [4.78, 5) is 2.35. The normalized spacial score (nSPS) is 20.3. The van der Waals surface area contributed by atoms with Gasteiger partial charge in [0.2, 0.25) is 0 Å². The molecule has 1 aliphatic heterocycles. The van der Waals surface area contributed by atoms with Gasteiger partial charge in [0.05, 0.1) is 0 Å². The van der Waals surface area contributed by atoms with Crippen LogP contribution < -0.4 is 0 Å². The van der Waals surface area contributed by atoms with Crippen molar-refractivity contribution in [1.82, 2.24) is 14.9 Å². The Morgan fingerprint density at radius 1 is 1.08 bits per heavy atom. The first-order valence-corrected chi connectivity index (χ1v) is 4.54. The predicted octanol–water partition coefficient (Wildman–Crippen LogP) is 0.116. The fourth-order valence-corrected chi connectivity index (χ4v) is 1.47. The first-order valence-electron chi connectivity index (χ1n) is 4.54. The first-order chi connectivity index (χ1) is 5.77. The van der Waals surface area contributed by atoms with Gasteiger partial charge in [-0.05, 0) is 7.05 Å². The molecule has 0 amide bonds. The van der Waals surface area contributed by atoms with E-state index < -0.39 is 0 Å². The molecular formula is C9H19N3Y-2. The summed E-state index contributed by atoms with van der Waals surface area (Å²) < 4.78 is 0. The Hall–Kier alpha value is 0.984. The molecule has 1 fully saturated rings. The second-order valence-corrected chi connectivity index (χ2v) is 3.21. The van der Waals surface area contributed by atoms with Gasteiger partial charge >= 0.3 is 0 Å². The Labute approximate surface area is 107 Å². The van der Waals surface area contributed by atoms with Crippen molar-refractivity contribution in [3.8, 4) is 0 Å². The van der Waals surface area contributed by atoms with Crippen LogP contribution in [0.4, 0.5) is 0 Å². The Bertz CT molecular complexity index is 120. The molecule has 0 aromatic carbocycles. The molecule has 13 heavy (non-hydrogen) atoms. The molecule has 0 unspecified atom stereocenters. The summed E-state index contributed by atoms with van der Waals surface area (Å²) in [5.74, 6) is 0. The van der Waals surface area contributed by atoms with Gasteiger partial charge in [-0.3, -0.25) is 0 Å². The molecule has 0 aliphatic carbocycles. The fourth-order valence-electron chi connectivity index (χ4n) is 1.47. The molecule has 1 saturated heterocycles. The van der Waals surface area contributed by atoms with Crippen LogP contribution in [0.2, 0.25) is 0 Å². The summed E-state index contributed by atoms with van der Waals surface area (Å²) in [5, 5.41) is 4.55. The van der Waals surface area contributed by atoms with E-state index in [0.717, 1.165) is 39.3 Å². The number of rotatable bonds is 3. The summed E-state index contributed by atoms with van der Waals surface area (Å²) >= 11 is 0. The molecule has 3 nitrogen and oxygen atoms in total. The Balaban J connectivity index is 0.00000144. The Morgan fingerprint density at radius 3 is 1.92 bits per heavy atom. The Morgan fingerprint density at radius 2 is 1.54 bits per heavy atom. The van der Waals surface area contributed by atoms with Crippen LogP contribution in [0.5, 0.6) is 0 Å². The summed E-state index contributed by atoms with van der Waals surface area (Å²) in [6.45, 7) is 13.9. The van der Waals surface area contributed by atoms with E-state index in [4.69, 9.17) is 0 Å². The van der Waals surface area contributed by atoms with E-state index in [1.54, 1.807) is 0 Å². The molecule has 1 radical (unpaired) electrons. The van der Waals surface area contributed by atoms with Gasteiger partial charge in [-0.1, -0.05) is 0 Å². The van der Waals surface area contributed by atoms with Crippen LogP contribution >= 0.6 is 0 Å². The van der Waals surface area contributed by atoms with Crippen LogP contribution in [0, 0.1) is 13.8 Å². The van der Waals surface area contributed by atoms with Crippen molar-refractivity contribution >= 4 is 0 Å².